The van der Waals surface area contributed by atoms with Crippen molar-refractivity contribution in [1.29, 1.82) is 0 Å². The third kappa shape index (κ3) is 4.03. The molecule has 7 nitrogen and oxygen atoms in total. The van der Waals surface area contributed by atoms with Crippen LogP contribution < -0.4 is 25.6 Å². The zero-order chi connectivity index (χ0) is 19.5. The van der Waals surface area contributed by atoms with Gasteiger partial charge in [0.05, 0.1) is 5.69 Å². The van der Waals surface area contributed by atoms with Crippen molar-refractivity contribution in [3.8, 4) is 5.75 Å². The fourth-order valence-electron chi connectivity index (χ4n) is 3.70. The topological polar surface area (TPSA) is 82.7 Å². The van der Waals surface area contributed by atoms with E-state index in [2.05, 4.69) is 52.0 Å². The molecule has 2 heterocycles. The maximum atomic E-state index is 12.2. The number of para-hydroxylation sites is 1. The van der Waals surface area contributed by atoms with Crippen LogP contribution in [-0.2, 0) is 4.79 Å². The average molecular weight is 380 g/mol. The molecule has 7 heteroatoms. The van der Waals surface area contributed by atoms with Crippen LogP contribution in [0.25, 0.3) is 0 Å². The summed E-state index contributed by atoms with van der Waals surface area (Å²) >= 11 is 0. The van der Waals surface area contributed by atoms with Crippen LogP contribution in [-0.4, -0.2) is 38.2 Å². The lowest BCUT2D eigenvalue weighted by Gasteiger charge is -2.21. The highest BCUT2D eigenvalue weighted by atomic mass is 16.5. The Morgan fingerprint density at radius 1 is 1.29 bits per heavy atom. The van der Waals surface area contributed by atoms with Gasteiger partial charge in [-0.05, 0) is 43.0 Å². The number of rotatable bonds is 4. The first kappa shape index (κ1) is 18.2. The van der Waals surface area contributed by atoms with Crippen molar-refractivity contribution in [3.63, 3.8) is 0 Å². The Bertz CT molecular complexity index is 899. The molecule has 2 aromatic rings. The number of amides is 3. The summed E-state index contributed by atoms with van der Waals surface area (Å²) in [7, 11) is 0. The van der Waals surface area contributed by atoms with Gasteiger partial charge in [0, 0.05) is 37.1 Å². The van der Waals surface area contributed by atoms with Crippen LogP contribution in [0.4, 0.5) is 21.9 Å². The van der Waals surface area contributed by atoms with Gasteiger partial charge in [-0.1, -0.05) is 18.2 Å². The van der Waals surface area contributed by atoms with E-state index in [0.29, 0.717) is 29.6 Å². The first-order valence-corrected chi connectivity index (χ1v) is 9.50. The second-order valence-corrected chi connectivity index (χ2v) is 7.27. The Morgan fingerprint density at radius 2 is 2.14 bits per heavy atom. The number of benzene rings is 2. The lowest BCUT2D eigenvalue weighted by Crippen LogP contribution is -2.34. The van der Waals surface area contributed by atoms with Crippen LogP contribution in [0.2, 0.25) is 0 Å². The summed E-state index contributed by atoms with van der Waals surface area (Å²) < 4.78 is 5.37. The zero-order valence-electron chi connectivity index (χ0n) is 15.8. The minimum absolute atomic E-state index is 0.0122. The Morgan fingerprint density at radius 3 is 3.00 bits per heavy atom. The van der Waals surface area contributed by atoms with Crippen LogP contribution in [0.3, 0.4) is 0 Å². The molecule has 0 aromatic heterocycles. The highest BCUT2D eigenvalue weighted by Crippen LogP contribution is 2.30. The Kier molecular flexibility index (Phi) is 5.06. The van der Waals surface area contributed by atoms with Crippen LogP contribution in [0.1, 0.15) is 12.0 Å². The van der Waals surface area contributed by atoms with Crippen LogP contribution in [0.5, 0.6) is 5.75 Å². The molecule has 1 atom stereocenters. The molecule has 0 saturated carbocycles. The Labute approximate surface area is 164 Å². The van der Waals surface area contributed by atoms with Gasteiger partial charge in [-0.2, -0.15) is 0 Å². The molecular weight excluding hydrogens is 356 g/mol. The van der Waals surface area contributed by atoms with Gasteiger partial charge >= 0.3 is 6.03 Å². The van der Waals surface area contributed by atoms with Gasteiger partial charge in [0.25, 0.3) is 5.91 Å². The summed E-state index contributed by atoms with van der Waals surface area (Å²) in [5.41, 5.74) is 3.79. The number of aryl methyl sites for hydroxylation is 1. The molecule has 0 unspecified atom stereocenters. The van der Waals surface area contributed by atoms with Gasteiger partial charge in [-0.25, -0.2) is 4.79 Å². The average Bonchev–Trinajstić information content (AvgIpc) is 3.16. The van der Waals surface area contributed by atoms with E-state index >= 15 is 0 Å². The van der Waals surface area contributed by atoms with Crippen LogP contribution in [0, 0.1) is 12.8 Å². The van der Waals surface area contributed by atoms with Gasteiger partial charge in [-0.15, -0.1) is 0 Å². The lowest BCUT2D eigenvalue weighted by atomic mass is 10.1. The molecule has 3 amide bonds. The number of fused-ring (bicyclic) bond motifs is 1. The fraction of sp³-hybridized carbons (Fsp3) is 0.333. The van der Waals surface area contributed by atoms with Crippen molar-refractivity contribution in [1.82, 2.24) is 5.32 Å². The van der Waals surface area contributed by atoms with E-state index in [1.165, 1.54) is 11.3 Å². The first-order chi connectivity index (χ1) is 13.6. The van der Waals surface area contributed by atoms with E-state index in [-0.39, 0.29) is 18.5 Å². The lowest BCUT2D eigenvalue weighted by molar-refractivity contribution is -0.118. The van der Waals surface area contributed by atoms with E-state index in [9.17, 15) is 9.59 Å². The van der Waals surface area contributed by atoms with Crippen molar-refractivity contribution in [2.24, 2.45) is 5.92 Å². The van der Waals surface area contributed by atoms with Crippen molar-refractivity contribution in [3.05, 3.63) is 48.0 Å². The summed E-state index contributed by atoms with van der Waals surface area (Å²) in [5.74, 6) is 0.803. The maximum Gasteiger partial charge on any atom is 0.319 e. The summed E-state index contributed by atoms with van der Waals surface area (Å²) in [6, 6.07) is 13.3. The number of hydrogen-bond acceptors (Lipinski definition) is 4. The smallest absolute Gasteiger partial charge is 0.319 e. The Hall–Kier alpha value is -3.22. The second-order valence-electron chi connectivity index (χ2n) is 7.27. The van der Waals surface area contributed by atoms with E-state index in [1.54, 1.807) is 18.2 Å². The van der Waals surface area contributed by atoms with E-state index < -0.39 is 0 Å². The monoisotopic (exact) mass is 380 g/mol. The van der Waals surface area contributed by atoms with Crippen LogP contribution in [0.15, 0.2) is 42.5 Å². The van der Waals surface area contributed by atoms with Crippen molar-refractivity contribution in [2.75, 3.05) is 41.8 Å². The molecule has 4 rings (SSSR count). The van der Waals surface area contributed by atoms with Gasteiger partial charge in [-0.3, -0.25) is 4.79 Å². The van der Waals surface area contributed by atoms with Gasteiger partial charge in [0.15, 0.2) is 6.61 Å². The molecule has 0 radical (unpaired) electrons. The number of ether oxygens (including phenoxy) is 1. The third-order valence-corrected chi connectivity index (χ3v) is 5.17. The summed E-state index contributed by atoms with van der Waals surface area (Å²) in [6.07, 6.45) is 1.06. The zero-order valence-corrected chi connectivity index (χ0v) is 15.8. The maximum absolute atomic E-state index is 12.2. The number of nitrogens with zero attached hydrogens (tertiary/aromatic N) is 1. The molecule has 2 aliphatic heterocycles. The quantitative estimate of drug-likeness (QED) is 0.762. The minimum Gasteiger partial charge on any atom is -0.482 e. The van der Waals surface area contributed by atoms with Crippen LogP contribution >= 0.6 is 0 Å². The van der Waals surface area contributed by atoms with E-state index in [1.807, 2.05) is 0 Å². The van der Waals surface area contributed by atoms with Gasteiger partial charge in [0.2, 0.25) is 0 Å². The van der Waals surface area contributed by atoms with Crippen molar-refractivity contribution in [2.45, 2.75) is 13.3 Å². The number of carbonyl (C=O) groups is 2. The summed E-state index contributed by atoms with van der Waals surface area (Å²) in [6.45, 7) is 4.69. The number of hydrogen-bond donors (Lipinski definition) is 3. The van der Waals surface area contributed by atoms with Gasteiger partial charge < -0.3 is 25.6 Å². The standard InChI is InChI=1S/C21H24N4O3/c1-14-4-2-3-5-18(14)25-9-8-15(12-25)11-22-21(27)23-16-6-7-17-19(10-16)28-13-20(26)24-17/h2-7,10,15H,8-9,11-13H2,1H3,(H,24,26)(H2,22,23,27)/t15-/m1/s1. The second kappa shape index (κ2) is 7.80. The summed E-state index contributed by atoms with van der Waals surface area (Å²) in [5, 5.41) is 8.51. The highest BCUT2D eigenvalue weighted by Gasteiger charge is 2.24. The van der Waals surface area contributed by atoms with Gasteiger partial charge in [0.1, 0.15) is 5.75 Å². The number of carbonyl (C=O) groups excluding carboxylic acids is 2. The highest BCUT2D eigenvalue weighted by molar-refractivity contribution is 5.96. The summed E-state index contributed by atoms with van der Waals surface area (Å²) in [4.78, 5) is 25.9. The number of anilines is 3. The number of urea groups is 1. The number of nitrogens with one attached hydrogen (secondary N) is 3. The molecule has 1 saturated heterocycles. The molecule has 0 aliphatic carbocycles. The molecule has 2 aromatic carbocycles. The molecule has 146 valence electrons. The first-order valence-electron chi connectivity index (χ1n) is 9.50. The molecule has 28 heavy (non-hydrogen) atoms. The predicted octanol–water partition coefficient (Wildman–Crippen LogP) is 2.97. The SMILES string of the molecule is Cc1ccccc1N1CC[C@H](CNC(=O)Nc2ccc3c(c2)OCC(=O)N3)C1. The molecule has 0 spiro atoms. The van der Waals surface area contributed by atoms with E-state index in [4.69, 9.17) is 4.74 Å². The van der Waals surface area contributed by atoms with E-state index in [0.717, 1.165) is 19.5 Å². The molecule has 1 fully saturated rings. The normalized spacial score (nSPS) is 18.1. The molecule has 2 aliphatic rings. The Balaban J connectivity index is 1.27. The fourth-order valence-corrected chi connectivity index (χ4v) is 3.70. The minimum atomic E-state index is -0.242. The molecule has 0 bridgehead atoms. The largest absolute Gasteiger partial charge is 0.482 e. The van der Waals surface area contributed by atoms with Crippen molar-refractivity contribution >= 4 is 29.0 Å². The van der Waals surface area contributed by atoms with Crippen molar-refractivity contribution < 1.29 is 14.3 Å². The third-order valence-electron chi connectivity index (χ3n) is 5.17. The predicted molar refractivity (Wildman–Crippen MR) is 109 cm³/mol. The molecule has 3 N–H and O–H groups in total. The molecular formula is C21H24N4O3.